The molecule has 98 valence electrons. The highest BCUT2D eigenvalue weighted by Crippen LogP contribution is 2.20. The number of benzene rings is 1. The zero-order chi connectivity index (χ0) is 13.0. The second-order valence-electron chi connectivity index (χ2n) is 4.74. The Morgan fingerprint density at radius 2 is 2.11 bits per heavy atom. The molecule has 1 aromatic rings. The Kier molecular flexibility index (Phi) is 4.55. The first-order chi connectivity index (χ1) is 8.63. The van der Waals surface area contributed by atoms with E-state index >= 15 is 0 Å². The molecule has 18 heavy (non-hydrogen) atoms. The molecule has 1 aliphatic rings. The van der Waals surface area contributed by atoms with Crippen LogP contribution in [-0.2, 0) is 11.2 Å². The Balaban J connectivity index is 1.81. The van der Waals surface area contributed by atoms with Gasteiger partial charge in [-0.05, 0) is 37.5 Å². The number of nitrogens with two attached hydrogens (primary N) is 1. The summed E-state index contributed by atoms with van der Waals surface area (Å²) in [6, 6.07) is 7.89. The molecule has 1 heterocycles. The number of ether oxygens (including phenoxy) is 2. The van der Waals surface area contributed by atoms with Gasteiger partial charge in [-0.25, -0.2) is 0 Å². The predicted molar refractivity (Wildman–Crippen MR) is 76.0 cm³/mol. The number of thiocarbonyl (C=S) groups is 1. The van der Waals surface area contributed by atoms with E-state index < -0.39 is 0 Å². The van der Waals surface area contributed by atoms with E-state index in [-0.39, 0.29) is 6.10 Å². The number of hydrogen-bond donors (Lipinski definition) is 1. The van der Waals surface area contributed by atoms with Crippen molar-refractivity contribution in [1.82, 2.24) is 0 Å². The normalized spacial score (nSPS) is 22.9. The molecule has 0 aliphatic carbocycles. The molecule has 1 aliphatic heterocycles. The fourth-order valence-corrected chi connectivity index (χ4v) is 2.27. The minimum Gasteiger partial charge on any atom is -0.491 e. The molecular formula is C14H19NO2S. The minimum atomic E-state index is 0.233. The van der Waals surface area contributed by atoms with Gasteiger partial charge in [0.1, 0.15) is 12.4 Å². The van der Waals surface area contributed by atoms with Crippen LogP contribution in [0.25, 0.3) is 0 Å². The summed E-state index contributed by atoms with van der Waals surface area (Å²) in [5.41, 5.74) is 6.61. The van der Waals surface area contributed by atoms with Crippen LogP contribution in [0.1, 0.15) is 25.3 Å². The third-order valence-corrected chi connectivity index (χ3v) is 3.20. The van der Waals surface area contributed by atoms with E-state index in [9.17, 15) is 0 Å². The molecule has 0 saturated carbocycles. The number of hydrogen-bond acceptors (Lipinski definition) is 3. The van der Waals surface area contributed by atoms with Crippen molar-refractivity contribution in [3.63, 3.8) is 0 Å². The van der Waals surface area contributed by atoms with Crippen molar-refractivity contribution in [3.05, 3.63) is 29.8 Å². The van der Waals surface area contributed by atoms with Gasteiger partial charge in [-0.15, -0.1) is 0 Å². The summed E-state index contributed by atoms with van der Waals surface area (Å²) >= 11 is 4.88. The topological polar surface area (TPSA) is 44.5 Å². The van der Waals surface area contributed by atoms with E-state index in [1.54, 1.807) is 0 Å². The monoisotopic (exact) mass is 265 g/mol. The molecule has 0 spiro atoms. The molecule has 2 N–H and O–H groups in total. The fourth-order valence-electron chi connectivity index (χ4n) is 2.10. The van der Waals surface area contributed by atoms with E-state index in [0.29, 0.717) is 24.1 Å². The summed E-state index contributed by atoms with van der Waals surface area (Å²) < 4.78 is 11.4. The van der Waals surface area contributed by atoms with Crippen molar-refractivity contribution in [1.29, 1.82) is 0 Å². The highest BCUT2D eigenvalue weighted by Gasteiger charge is 2.22. The second-order valence-corrected chi connectivity index (χ2v) is 5.27. The predicted octanol–water partition coefficient (Wildman–Crippen LogP) is 2.46. The Labute approximate surface area is 113 Å². The molecule has 0 amide bonds. The van der Waals surface area contributed by atoms with Gasteiger partial charge in [-0.3, -0.25) is 0 Å². The molecule has 2 unspecified atom stereocenters. The molecule has 3 nitrogen and oxygen atoms in total. The van der Waals surface area contributed by atoms with Gasteiger partial charge in [0.2, 0.25) is 0 Å². The van der Waals surface area contributed by atoms with Crippen LogP contribution < -0.4 is 10.5 Å². The molecule has 2 atom stereocenters. The van der Waals surface area contributed by atoms with E-state index in [2.05, 4.69) is 6.92 Å². The third kappa shape index (κ3) is 3.96. The maximum absolute atomic E-state index is 5.71. The van der Waals surface area contributed by atoms with Crippen molar-refractivity contribution in [3.8, 4) is 5.75 Å². The molecule has 1 aromatic carbocycles. The average molecular weight is 265 g/mol. The van der Waals surface area contributed by atoms with Gasteiger partial charge in [0.15, 0.2) is 0 Å². The first kappa shape index (κ1) is 13.3. The second kappa shape index (κ2) is 6.16. The van der Waals surface area contributed by atoms with Crippen LogP contribution in [0.3, 0.4) is 0 Å². The van der Waals surface area contributed by atoms with Crippen molar-refractivity contribution in [2.24, 2.45) is 5.73 Å². The first-order valence-electron chi connectivity index (χ1n) is 6.29. The summed E-state index contributed by atoms with van der Waals surface area (Å²) in [4.78, 5) is 0.511. The smallest absolute Gasteiger partial charge is 0.119 e. The molecule has 0 aromatic heterocycles. The van der Waals surface area contributed by atoms with Crippen LogP contribution in [-0.4, -0.2) is 23.8 Å². The molecular weight excluding hydrogens is 246 g/mol. The lowest BCUT2D eigenvalue weighted by Crippen LogP contribution is -2.17. The van der Waals surface area contributed by atoms with Crippen LogP contribution in [0, 0.1) is 0 Å². The van der Waals surface area contributed by atoms with Crippen molar-refractivity contribution in [2.45, 2.75) is 38.4 Å². The Morgan fingerprint density at radius 1 is 1.39 bits per heavy atom. The summed E-state index contributed by atoms with van der Waals surface area (Å²) in [7, 11) is 0. The van der Waals surface area contributed by atoms with Crippen LogP contribution in [0.4, 0.5) is 0 Å². The van der Waals surface area contributed by atoms with E-state index in [0.717, 1.165) is 24.2 Å². The van der Waals surface area contributed by atoms with E-state index in [1.807, 2.05) is 24.3 Å². The van der Waals surface area contributed by atoms with Gasteiger partial charge >= 0.3 is 0 Å². The fraction of sp³-hybridized carbons (Fsp3) is 0.500. The lowest BCUT2D eigenvalue weighted by Gasteiger charge is -2.13. The van der Waals surface area contributed by atoms with Gasteiger partial charge in [0, 0.05) is 6.42 Å². The van der Waals surface area contributed by atoms with E-state index in [4.69, 9.17) is 27.4 Å². The third-order valence-electron chi connectivity index (χ3n) is 3.06. The lowest BCUT2D eigenvalue weighted by atomic mass is 10.1. The first-order valence-corrected chi connectivity index (χ1v) is 6.70. The highest BCUT2D eigenvalue weighted by molar-refractivity contribution is 7.80. The Morgan fingerprint density at radius 3 is 2.67 bits per heavy atom. The van der Waals surface area contributed by atoms with Gasteiger partial charge < -0.3 is 15.2 Å². The van der Waals surface area contributed by atoms with Crippen molar-refractivity contribution in [2.75, 3.05) is 6.61 Å². The molecule has 1 saturated heterocycles. The van der Waals surface area contributed by atoms with Crippen LogP contribution >= 0.6 is 12.2 Å². The average Bonchev–Trinajstić information content (AvgIpc) is 2.74. The Hall–Kier alpha value is -1.13. The standard InChI is InChI=1S/C14H19NO2S/c1-10-2-5-13(17-10)9-16-12-6-3-11(4-7-12)8-14(15)18/h3-4,6-7,10,13H,2,5,8-9H2,1H3,(H2,15,18). The summed E-state index contributed by atoms with van der Waals surface area (Å²) in [5.74, 6) is 0.866. The van der Waals surface area contributed by atoms with Crippen LogP contribution in [0.5, 0.6) is 5.75 Å². The van der Waals surface area contributed by atoms with Crippen LogP contribution in [0.2, 0.25) is 0 Å². The highest BCUT2D eigenvalue weighted by atomic mass is 32.1. The lowest BCUT2D eigenvalue weighted by molar-refractivity contribution is 0.0264. The van der Waals surface area contributed by atoms with Crippen molar-refractivity contribution < 1.29 is 9.47 Å². The summed E-state index contributed by atoms with van der Waals surface area (Å²) in [6.07, 6.45) is 3.45. The summed E-state index contributed by atoms with van der Waals surface area (Å²) in [6.45, 7) is 2.73. The maximum Gasteiger partial charge on any atom is 0.119 e. The molecule has 4 heteroatoms. The molecule has 2 rings (SSSR count). The van der Waals surface area contributed by atoms with E-state index in [1.165, 1.54) is 0 Å². The quantitative estimate of drug-likeness (QED) is 0.831. The number of rotatable bonds is 5. The summed E-state index contributed by atoms with van der Waals surface area (Å²) in [5, 5.41) is 0. The zero-order valence-electron chi connectivity index (χ0n) is 10.6. The van der Waals surface area contributed by atoms with Gasteiger partial charge in [-0.1, -0.05) is 24.4 Å². The SMILES string of the molecule is CC1CCC(COc2ccc(CC(N)=S)cc2)O1. The molecule has 0 bridgehead atoms. The minimum absolute atomic E-state index is 0.233. The van der Waals surface area contributed by atoms with Crippen molar-refractivity contribution >= 4 is 17.2 Å². The van der Waals surface area contributed by atoms with Crippen LogP contribution in [0.15, 0.2) is 24.3 Å². The zero-order valence-corrected chi connectivity index (χ0v) is 11.4. The molecule has 1 fully saturated rings. The molecule has 0 radical (unpaired) electrons. The van der Waals surface area contributed by atoms with Gasteiger partial charge in [-0.2, -0.15) is 0 Å². The largest absolute Gasteiger partial charge is 0.491 e. The maximum atomic E-state index is 5.71. The van der Waals surface area contributed by atoms with Gasteiger partial charge in [0.05, 0.1) is 17.2 Å². The Bertz CT molecular complexity index is 405. The van der Waals surface area contributed by atoms with Gasteiger partial charge in [0.25, 0.3) is 0 Å².